The maximum absolute atomic E-state index is 11.5. The van der Waals surface area contributed by atoms with Crippen molar-refractivity contribution in [1.29, 1.82) is 0 Å². The van der Waals surface area contributed by atoms with Crippen LogP contribution in [0.3, 0.4) is 0 Å². The molecule has 0 spiro atoms. The van der Waals surface area contributed by atoms with E-state index in [1.165, 1.54) is 16.9 Å². The van der Waals surface area contributed by atoms with E-state index in [1.54, 1.807) is 19.2 Å². The van der Waals surface area contributed by atoms with Crippen molar-refractivity contribution < 1.29 is 4.42 Å². The van der Waals surface area contributed by atoms with Gasteiger partial charge in [-0.2, -0.15) is 4.98 Å². The first-order valence-electron chi connectivity index (χ1n) is 4.08. The summed E-state index contributed by atoms with van der Waals surface area (Å²) in [7, 11) is 0. The van der Waals surface area contributed by atoms with E-state index in [-0.39, 0.29) is 17.3 Å². The van der Waals surface area contributed by atoms with Crippen LogP contribution < -0.4 is 11.3 Å². The summed E-state index contributed by atoms with van der Waals surface area (Å²) in [5.41, 5.74) is 6.02. The lowest BCUT2D eigenvalue weighted by Gasteiger charge is -1.99. The lowest BCUT2D eigenvalue weighted by molar-refractivity contribution is 0.522. The molecule has 2 rings (SSSR count). The summed E-state index contributed by atoms with van der Waals surface area (Å²) in [5.74, 6) is 0. The number of aryl methyl sites for hydroxylation is 1. The van der Waals surface area contributed by atoms with E-state index in [4.69, 9.17) is 10.2 Å². The van der Waals surface area contributed by atoms with Crippen LogP contribution in [-0.4, -0.2) is 9.55 Å². The minimum absolute atomic E-state index is 0.170. The number of hydrogen-bond donors (Lipinski definition) is 1. The molecule has 0 unspecified atom stereocenters. The Hall–Kier alpha value is -2.04. The van der Waals surface area contributed by atoms with E-state index < -0.39 is 0 Å². The van der Waals surface area contributed by atoms with Crippen LogP contribution in [0, 0.1) is 6.92 Å². The van der Waals surface area contributed by atoms with Gasteiger partial charge in [0.2, 0.25) is 0 Å². The molecule has 0 atom stereocenters. The van der Waals surface area contributed by atoms with Crippen molar-refractivity contribution >= 4 is 5.69 Å². The number of nitrogen functional groups attached to an aromatic ring is 1. The van der Waals surface area contributed by atoms with E-state index in [9.17, 15) is 4.79 Å². The molecule has 14 heavy (non-hydrogen) atoms. The second-order valence-electron chi connectivity index (χ2n) is 2.91. The number of rotatable bonds is 1. The van der Waals surface area contributed by atoms with Crippen LogP contribution in [0.4, 0.5) is 5.69 Å². The van der Waals surface area contributed by atoms with Crippen LogP contribution in [-0.2, 0) is 0 Å². The molecular weight excluding hydrogens is 182 g/mol. The lowest BCUT2D eigenvalue weighted by Crippen LogP contribution is -2.20. The van der Waals surface area contributed by atoms with Crippen LogP contribution in [0.1, 0.15) is 5.69 Å². The molecule has 0 aliphatic heterocycles. The summed E-state index contributed by atoms with van der Waals surface area (Å²) in [5, 5.41) is 0. The zero-order chi connectivity index (χ0) is 10.1. The van der Waals surface area contributed by atoms with Gasteiger partial charge in [-0.25, -0.2) is 4.57 Å². The van der Waals surface area contributed by atoms with Gasteiger partial charge in [0.1, 0.15) is 6.26 Å². The molecule has 2 aromatic heterocycles. The first-order valence-corrected chi connectivity index (χ1v) is 4.08. The van der Waals surface area contributed by atoms with Gasteiger partial charge in [-0.15, -0.1) is 0 Å². The molecule has 0 amide bonds. The monoisotopic (exact) mass is 191 g/mol. The number of hydrogen-bond acceptors (Lipinski definition) is 4. The van der Waals surface area contributed by atoms with Gasteiger partial charge in [0.05, 0.1) is 11.4 Å². The van der Waals surface area contributed by atoms with E-state index in [0.29, 0.717) is 5.69 Å². The second-order valence-corrected chi connectivity index (χ2v) is 2.91. The Bertz CT molecular complexity index is 513. The minimum atomic E-state index is -0.325. The van der Waals surface area contributed by atoms with Gasteiger partial charge in [0.15, 0.2) is 0 Å². The molecule has 0 aromatic carbocycles. The third-order valence-electron chi connectivity index (χ3n) is 1.79. The molecule has 5 nitrogen and oxygen atoms in total. The highest BCUT2D eigenvalue weighted by Gasteiger charge is 2.06. The van der Waals surface area contributed by atoms with E-state index in [2.05, 4.69) is 4.98 Å². The van der Waals surface area contributed by atoms with Gasteiger partial charge in [0, 0.05) is 6.20 Å². The van der Waals surface area contributed by atoms with Gasteiger partial charge in [-0.3, -0.25) is 4.79 Å². The van der Waals surface area contributed by atoms with Crippen LogP contribution in [0.15, 0.2) is 33.8 Å². The molecule has 2 heterocycles. The fourth-order valence-electron chi connectivity index (χ4n) is 1.11. The maximum Gasteiger partial charge on any atom is 0.308 e. The van der Waals surface area contributed by atoms with Gasteiger partial charge < -0.3 is 10.2 Å². The lowest BCUT2D eigenvalue weighted by atomic mass is 10.4. The van der Waals surface area contributed by atoms with Crippen molar-refractivity contribution in [1.82, 2.24) is 9.55 Å². The molecule has 0 saturated carbocycles. The van der Waals surface area contributed by atoms with Crippen molar-refractivity contribution in [2.45, 2.75) is 6.92 Å². The average Bonchev–Trinajstić information content (AvgIpc) is 2.57. The Labute approximate surface area is 79.8 Å². The van der Waals surface area contributed by atoms with Gasteiger partial charge >= 0.3 is 6.01 Å². The molecule has 5 heteroatoms. The maximum atomic E-state index is 11.5. The highest BCUT2D eigenvalue weighted by Crippen LogP contribution is 2.05. The third-order valence-corrected chi connectivity index (χ3v) is 1.79. The van der Waals surface area contributed by atoms with Crippen LogP contribution in [0.25, 0.3) is 6.01 Å². The average molecular weight is 191 g/mol. The van der Waals surface area contributed by atoms with Crippen molar-refractivity contribution in [2.24, 2.45) is 0 Å². The van der Waals surface area contributed by atoms with Crippen molar-refractivity contribution in [3.63, 3.8) is 0 Å². The van der Waals surface area contributed by atoms with E-state index in [1.807, 2.05) is 0 Å². The Balaban J connectivity index is 2.63. The number of nitrogens with two attached hydrogens (primary N) is 1. The molecule has 2 N–H and O–H groups in total. The number of nitrogens with zero attached hydrogens (tertiary/aromatic N) is 2. The smallest absolute Gasteiger partial charge is 0.308 e. The third kappa shape index (κ3) is 1.28. The normalized spacial score (nSPS) is 10.4. The summed E-state index contributed by atoms with van der Waals surface area (Å²) < 4.78 is 6.35. The zero-order valence-corrected chi connectivity index (χ0v) is 7.60. The highest BCUT2D eigenvalue weighted by molar-refractivity contribution is 5.35. The second kappa shape index (κ2) is 3.02. The topological polar surface area (TPSA) is 74.1 Å². The van der Waals surface area contributed by atoms with Crippen molar-refractivity contribution in [3.8, 4) is 6.01 Å². The number of aromatic nitrogens is 2. The van der Waals surface area contributed by atoms with Gasteiger partial charge in [-0.05, 0) is 19.1 Å². The molecule has 0 aliphatic carbocycles. The van der Waals surface area contributed by atoms with E-state index >= 15 is 0 Å². The number of pyridine rings is 1. The van der Waals surface area contributed by atoms with Gasteiger partial charge in [-0.1, -0.05) is 0 Å². The predicted molar refractivity (Wildman–Crippen MR) is 51.2 cm³/mol. The van der Waals surface area contributed by atoms with Crippen LogP contribution in [0.2, 0.25) is 0 Å². The molecule has 0 bridgehead atoms. The molecular formula is C9H9N3O2. The Morgan fingerprint density at radius 1 is 1.57 bits per heavy atom. The standard InChI is InChI=1S/C9H9N3O2/c1-6-5-14-9(11-6)12-4-2-3-7(10)8(12)13/h2-5H,10H2,1H3. The molecule has 2 aromatic rings. The predicted octanol–water partition coefficient (Wildman–Crippen LogP) is 0.716. The Morgan fingerprint density at radius 2 is 2.36 bits per heavy atom. The van der Waals surface area contributed by atoms with E-state index in [0.717, 1.165) is 0 Å². The first kappa shape index (κ1) is 8.55. The Kier molecular flexibility index (Phi) is 1.85. The molecule has 0 radical (unpaired) electrons. The number of anilines is 1. The Morgan fingerprint density at radius 3 is 3.00 bits per heavy atom. The minimum Gasteiger partial charge on any atom is -0.431 e. The fraction of sp³-hybridized carbons (Fsp3) is 0.111. The summed E-state index contributed by atoms with van der Waals surface area (Å²) in [6, 6.07) is 3.44. The largest absolute Gasteiger partial charge is 0.431 e. The molecule has 72 valence electrons. The molecule has 0 saturated heterocycles. The number of oxazole rings is 1. The van der Waals surface area contributed by atoms with Crippen molar-refractivity contribution in [3.05, 3.63) is 40.6 Å². The zero-order valence-electron chi connectivity index (χ0n) is 7.60. The van der Waals surface area contributed by atoms with Crippen molar-refractivity contribution in [2.75, 3.05) is 5.73 Å². The quantitative estimate of drug-likeness (QED) is 0.720. The molecule has 0 aliphatic rings. The van der Waals surface area contributed by atoms with Crippen LogP contribution in [0.5, 0.6) is 0 Å². The highest BCUT2D eigenvalue weighted by atomic mass is 16.4. The summed E-state index contributed by atoms with van der Waals surface area (Å²) in [4.78, 5) is 15.5. The summed E-state index contributed by atoms with van der Waals surface area (Å²) >= 11 is 0. The fourth-order valence-corrected chi connectivity index (χ4v) is 1.11. The van der Waals surface area contributed by atoms with Crippen LogP contribution >= 0.6 is 0 Å². The summed E-state index contributed by atoms with van der Waals surface area (Å²) in [6.07, 6.45) is 3.04. The SMILES string of the molecule is Cc1coc(-n2cccc(N)c2=O)n1. The first-order chi connectivity index (χ1) is 6.68. The molecule has 0 fully saturated rings. The summed E-state index contributed by atoms with van der Waals surface area (Å²) in [6.45, 7) is 1.78. The van der Waals surface area contributed by atoms with Gasteiger partial charge in [0.25, 0.3) is 5.56 Å².